The smallest absolute Gasteiger partial charge is 0.102 e. The molecule has 0 N–H and O–H groups in total. The molecule has 0 saturated carbocycles. The minimum absolute atomic E-state index is 0. The summed E-state index contributed by atoms with van der Waals surface area (Å²) in [7, 11) is 2.00. The van der Waals surface area contributed by atoms with Gasteiger partial charge in [-0.3, -0.25) is 0 Å². The molecule has 3 radical (unpaired) electrons. The molecule has 0 heterocycles. The van der Waals surface area contributed by atoms with Crippen LogP contribution in [-0.2, 0) is 65.4 Å². The molecule has 0 aromatic heterocycles. The second-order valence-electron chi connectivity index (χ2n) is 0.577. The first-order chi connectivity index (χ1) is 1.41. The van der Waals surface area contributed by atoms with Gasteiger partial charge in [0, 0.05) is 65.4 Å². The van der Waals surface area contributed by atoms with E-state index in [4.69, 9.17) is 0 Å². The van der Waals surface area contributed by atoms with Crippen molar-refractivity contribution in [1.29, 1.82) is 0 Å². The van der Waals surface area contributed by atoms with Gasteiger partial charge in [0.1, 0.15) is 7.28 Å². The van der Waals surface area contributed by atoms with Crippen LogP contribution in [0, 0.1) is 7.43 Å². The van der Waals surface area contributed by atoms with Crippen LogP contribution in [0.4, 0.5) is 0 Å². The van der Waals surface area contributed by atoms with Crippen molar-refractivity contribution in [2.24, 2.45) is 0 Å². The van der Waals surface area contributed by atoms with Crippen molar-refractivity contribution in [2.45, 2.75) is 13.6 Å². The molecule has 0 aromatic carbocycles. The van der Waals surface area contributed by atoms with E-state index in [9.17, 15) is 0 Å². The fourth-order valence-electron chi connectivity index (χ4n) is 0. The largest absolute Gasteiger partial charge is 0.358 e. The quantitative estimate of drug-likeness (QED) is 0.436. The minimum Gasteiger partial charge on any atom is -0.358 e. The average Bonchev–Trinajstić information content (AvgIpc) is 0.918. The Labute approximate surface area is 92.2 Å². The van der Waals surface area contributed by atoms with Gasteiger partial charge in [-0.2, -0.15) is 0 Å². The third-order valence-electron chi connectivity index (χ3n) is 0. The molecule has 0 nitrogen and oxygen atoms in total. The van der Waals surface area contributed by atoms with E-state index in [1.165, 1.54) is 0 Å². The van der Waals surface area contributed by atoms with Crippen molar-refractivity contribution in [2.75, 3.05) is 0 Å². The van der Waals surface area contributed by atoms with Gasteiger partial charge in [0.05, 0.1) is 0 Å². The Morgan fingerprint density at radius 2 is 1.00 bits per heavy atom. The van der Waals surface area contributed by atoms with Crippen LogP contribution in [0.25, 0.3) is 0 Å². The zero-order chi connectivity index (χ0) is 2.71. The van der Waals surface area contributed by atoms with Gasteiger partial charge >= 0.3 is 0 Å². The summed E-state index contributed by atoms with van der Waals surface area (Å²) in [6.45, 7) is 4.00. The fourth-order valence-corrected chi connectivity index (χ4v) is 0. The summed E-state index contributed by atoms with van der Waals surface area (Å²) in [4.78, 5) is 0. The predicted octanol–water partition coefficient (Wildman–Crippen LogP) is 1.23. The molecule has 0 aliphatic carbocycles. The fraction of sp³-hybridized carbons (Fsp3) is 0.667. The van der Waals surface area contributed by atoms with Gasteiger partial charge in [0.25, 0.3) is 0 Å². The molecule has 0 unspecified atom stereocenters. The van der Waals surface area contributed by atoms with Crippen LogP contribution in [0.2, 0.25) is 13.6 Å². The van der Waals surface area contributed by atoms with Gasteiger partial charge in [-0.05, 0) is 0 Å². The normalized spacial score (nSPS) is 2.33. The van der Waals surface area contributed by atoms with E-state index in [2.05, 4.69) is 0 Å². The topological polar surface area (TPSA) is 0 Å². The van der Waals surface area contributed by atoms with Crippen LogP contribution in [0.3, 0.4) is 0 Å². The Balaban J connectivity index is -0.00000000667. The number of rotatable bonds is 0. The SMILES string of the molecule is C[B]C.[CH3-].[Y].[Y]. The van der Waals surface area contributed by atoms with Gasteiger partial charge in [-0.25, -0.2) is 0 Å². The molecule has 0 bridgehead atoms. The molecule has 31 valence electrons. The summed E-state index contributed by atoms with van der Waals surface area (Å²) in [5.74, 6) is 0. The molecule has 0 rings (SSSR count). The minimum atomic E-state index is 0. The molecular weight excluding hydrogens is 225 g/mol. The van der Waals surface area contributed by atoms with Crippen LogP contribution in [0.5, 0.6) is 0 Å². The van der Waals surface area contributed by atoms with E-state index in [0.717, 1.165) is 0 Å². The van der Waals surface area contributed by atoms with E-state index < -0.39 is 0 Å². The van der Waals surface area contributed by atoms with Crippen molar-refractivity contribution in [3.05, 3.63) is 7.43 Å². The second kappa shape index (κ2) is 26.7. The average molecular weight is 234 g/mol. The second-order valence-corrected chi connectivity index (χ2v) is 0.577. The summed E-state index contributed by atoms with van der Waals surface area (Å²) in [6, 6.07) is 0. The van der Waals surface area contributed by atoms with Crippen LogP contribution < -0.4 is 0 Å². The maximum absolute atomic E-state index is 2.00. The van der Waals surface area contributed by atoms with Crippen molar-refractivity contribution in [3.8, 4) is 0 Å². The Kier molecular flexibility index (Phi) is 107. The first-order valence-electron chi connectivity index (χ1n) is 1.15. The molecule has 0 atom stereocenters. The standard InChI is InChI=1S/C2H6B.CH3.2Y/c1-3-2;;;/h1-2H3;1H3;;/q;-1;;. The van der Waals surface area contributed by atoms with Crippen molar-refractivity contribution in [1.82, 2.24) is 0 Å². The molecular formula is C3H9BY2-. The Hall–Kier alpha value is 2.27. The van der Waals surface area contributed by atoms with Gasteiger partial charge in [0.2, 0.25) is 0 Å². The predicted molar refractivity (Wildman–Crippen MR) is 23.9 cm³/mol. The number of hydrogen-bond acceptors (Lipinski definition) is 0. The third kappa shape index (κ3) is 33.8. The summed E-state index contributed by atoms with van der Waals surface area (Å²) >= 11 is 0. The van der Waals surface area contributed by atoms with Gasteiger partial charge in [-0.1, -0.05) is 13.6 Å². The molecule has 0 spiro atoms. The van der Waals surface area contributed by atoms with E-state index in [0.29, 0.717) is 0 Å². The zero-order valence-electron chi connectivity index (χ0n) is 4.73. The molecule has 0 aliphatic heterocycles. The van der Waals surface area contributed by atoms with E-state index >= 15 is 0 Å². The molecule has 0 fully saturated rings. The van der Waals surface area contributed by atoms with Crippen LogP contribution in [-0.4, -0.2) is 7.28 Å². The monoisotopic (exact) mass is 234 g/mol. The molecule has 3 heteroatoms. The van der Waals surface area contributed by atoms with Crippen LogP contribution in [0.1, 0.15) is 0 Å². The first kappa shape index (κ1) is 24.0. The van der Waals surface area contributed by atoms with Crippen molar-refractivity contribution in [3.63, 3.8) is 0 Å². The summed E-state index contributed by atoms with van der Waals surface area (Å²) < 4.78 is 0. The third-order valence-corrected chi connectivity index (χ3v) is 0. The summed E-state index contributed by atoms with van der Waals surface area (Å²) in [6.07, 6.45) is 0. The zero-order valence-corrected chi connectivity index (χ0v) is 10.4. The summed E-state index contributed by atoms with van der Waals surface area (Å²) in [5, 5.41) is 0. The Morgan fingerprint density at radius 3 is 1.00 bits per heavy atom. The van der Waals surface area contributed by atoms with Crippen LogP contribution >= 0.6 is 0 Å². The van der Waals surface area contributed by atoms with Gasteiger partial charge in [0.15, 0.2) is 0 Å². The van der Waals surface area contributed by atoms with Crippen molar-refractivity contribution < 1.29 is 65.4 Å². The van der Waals surface area contributed by atoms with E-state index in [1.807, 2.05) is 20.9 Å². The molecule has 0 amide bonds. The van der Waals surface area contributed by atoms with E-state index in [-0.39, 0.29) is 72.8 Å². The van der Waals surface area contributed by atoms with Gasteiger partial charge < -0.3 is 7.43 Å². The maximum atomic E-state index is 2.00. The number of hydrogen-bond donors (Lipinski definition) is 0. The Bertz CT molecular complexity index is 8.75. The molecule has 0 aromatic rings. The van der Waals surface area contributed by atoms with Crippen LogP contribution in [0.15, 0.2) is 0 Å². The van der Waals surface area contributed by atoms with E-state index in [1.54, 1.807) is 0 Å². The van der Waals surface area contributed by atoms with Gasteiger partial charge in [-0.15, -0.1) is 0 Å². The van der Waals surface area contributed by atoms with Crippen molar-refractivity contribution >= 4 is 7.28 Å². The summed E-state index contributed by atoms with van der Waals surface area (Å²) in [5.41, 5.74) is 0. The maximum Gasteiger partial charge on any atom is 0.102 e. The first-order valence-corrected chi connectivity index (χ1v) is 1.15. The Morgan fingerprint density at radius 1 is 1.00 bits per heavy atom. The molecule has 0 aliphatic rings. The molecule has 6 heavy (non-hydrogen) atoms. The molecule has 0 saturated heterocycles.